The van der Waals surface area contributed by atoms with Gasteiger partial charge in [-0.3, -0.25) is 14.9 Å². The van der Waals surface area contributed by atoms with Gasteiger partial charge >= 0.3 is 0 Å². The Morgan fingerprint density at radius 2 is 1.93 bits per heavy atom. The topological polar surface area (TPSA) is 84.2 Å². The Morgan fingerprint density at radius 3 is 2.68 bits per heavy atom. The highest BCUT2D eigenvalue weighted by molar-refractivity contribution is 7.16. The number of carbonyl (C=O) groups excluding carboxylic acids is 2. The number of thiazole rings is 1. The van der Waals surface area contributed by atoms with Crippen LogP contribution in [0.25, 0.3) is 10.6 Å². The standard InChI is InChI=1S/C20H15N3O3S2/c1-12-6-7-13(10-14(12)21-19(25)16-4-2-8-26-16)18(24)23-20-22-15(11-28-20)17-5-3-9-27-17/h2-11H,1H3,(H,21,25)(H,22,23,24). The van der Waals surface area contributed by atoms with Crippen LogP contribution in [0.2, 0.25) is 0 Å². The smallest absolute Gasteiger partial charge is 0.291 e. The third-order valence-electron chi connectivity index (χ3n) is 3.99. The Hall–Kier alpha value is -3.23. The molecule has 0 aliphatic rings. The molecule has 8 heteroatoms. The molecule has 4 rings (SSSR count). The summed E-state index contributed by atoms with van der Waals surface area (Å²) in [5, 5.41) is 10.00. The van der Waals surface area contributed by atoms with Gasteiger partial charge in [-0.1, -0.05) is 12.1 Å². The van der Waals surface area contributed by atoms with Crippen molar-refractivity contribution in [3.63, 3.8) is 0 Å². The van der Waals surface area contributed by atoms with E-state index in [1.54, 1.807) is 41.7 Å². The van der Waals surface area contributed by atoms with Gasteiger partial charge in [-0.2, -0.15) is 0 Å². The molecule has 1 aromatic carbocycles. The lowest BCUT2D eigenvalue weighted by atomic mass is 10.1. The van der Waals surface area contributed by atoms with Crippen LogP contribution in [-0.4, -0.2) is 16.8 Å². The van der Waals surface area contributed by atoms with Gasteiger partial charge in [0.25, 0.3) is 11.8 Å². The second-order valence-electron chi connectivity index (χ2n) is 5.93. The molecule has 28 heavy (non-hydrogen) atoms. The molecule has 0 saturated heterocycles. The van der Waals surface area contributed by atoms with E-state index in [2.05, 4.69) is 15.6 Å². The summed E-state index contributed by atoms with van der Waals surface area (Å²) in [6.07, 6.45) is 1.43. The average molecular weight is 409 g/mol. The molecule has 0 fully saturated rings. The number of hydrogen-bond donors (Lipinski definition) is 2. The SMILES string of the molecule is Cc1ccc(C(=O)Nc2nc(-c3cccs3)cs2)cc1NC(=O)c1ccco1. The van der Waals surface area contributed by atoms with Crippen molar-refractivity contribution >= 4 is 45.3 Å². The normalized spacial score (nSPS) is 10.6. The second-order valence-corrected chi connectivity index (χ2v) is 7.74. The lowest BCUT2D eigenvalue weighted by Crippen LogP contribution is -2.15. The number of benzene rings is 1. The Labute approximate surface area is 168 Å². The third-order valence-corrected chi connectivity index (χ3v) is 5.64. The molecule has 4 aromatic rings. The maximum Gasteiger partial charge on any atom is 0.291 e. The van der Waals surface area contributed by atoms with E-state index < -0.39 is 0 Å². The first-order valence-electron chi connectivity index (χ1n) is 8.36. The molecule has 6 nitrogen and oxygen atoms in total. The van der Waals surface area contributed by atoms with Crippen LogP contribution in [0, 0.1) is 6.92 Å². The van der Waals surface area contributed by atoms with Gasteiger partial charge in [-0.15, -0.1) is 22.7 Å². The number of furan rings is 1. The number of anilines is 2. The van der Waals surface area contributed by atoms with Crippen molar-refractivity contribution in [1.82, 2.24) is 4.98 Å². The summed E-state index contributed by atoms with van der Waals surface area (Å²) in [6.45, 7) is 1.85. The van der Waals surface area contributed by atoms with E-state index in [4.69, 9.17) is 4.42 Å². The fourth-order valence-corrected chi connectivity index (χ4v) is 3.99. The van der Waals surface area contributed by atoms with Gasteiger partial charge in [0.05, 0.1) is 16.8 Å². The average Bonchev–Trinajstić information content (AvgIpc) is 3.45. The summed E-state index contributed by atoms with van der Waals surface area (Å²) < 4.78 is 5.10. The molecule has 0 unspecified atom stereocenters. The summed E-state index contributed by atoms with van der Waals surface area (Å²) in [4.78, 5) is 30.3. The summed E-state index contributed by atoms with van der Waals surface area (Å²) >= 11 is 2.96. The zero-order valence-electron chi connectivity index (χ0n) is 14.8. The molecular weight excluding hydrogens is 394 g/mol. The number of carbonyl (C=O) groups is 2. The minimum atomic E-state index is -0.369. The van der Waals surface area contributed by atoms with Crippen LogP contribution >= 0.6 is 22.7 Å². The Bertz CT molecular complexity index is 1120. The van der Waals surface area contributed by atoms with Crippen molar-refractivity contribution in [1.29, 1.82) is 0 Å². The molecule has 0 saturated carbocycles. The maximum atomic E-state index is 12.6. The predicted molar refractivity (Wildman–Crippen MR) is 111 cm³/mol. The molecule has 0 aliphatic heterocycles. The fourth-order valence-electron chi connectivity index (χ4n) is 2.53. The minimum Gasteiger partial charge on any atom is -0.459 e. The number of thiophene rings is 1. The Kier molecular flexibility index (Phi) is 5.05. The van der Waals surface area contributed by atoms with Crippen LogP contribution in [0.1, 0.15) is 26.5 Å². The van der Waals surface area contributed by atoms with Gasteiger partial charge in [0, 0.05) is 16.6 Å². The van der Waals surface area contributed by atoms with Crippen LogP contribution in [0.3, 0.4) is 0 Å². The second kappa shape index (κ2) is 7.79. The van der Waals surface area contributed by atoms with Gasteiger partial charge in [0.1, 0.15) is 0 Å². The third kappa shape index (κ3) is 3.88. The quantitative estimate of drug-likeness (QED) is 0.470. The molecule has 0 radical (unpaired) electrons. The largest absolute Gasteiger partial charge is 0.459 e. The van der Waals surface area contributed by atoms with E-state index in [0.717, 1.165) is 16.1 Å². The summed E-state index contributed by atoms with van der Waals surface area (Å²) in [7, 11) is 0. The van der Waals surface area contributed by atoms with Crippen LogP contribution in [0.4, 0.5) is 10.8 Å². The number of nitrogens with one attached hydrogen (secondary N) is 2. The van der Waals surface area contributed by atoms with Crippen molar-refractivity contribution in [2.24, 2.45) is 0 Å². The highest BCUT2D eigenvalue weighted by atomic mass is 32.1. The van der Waals surface area contributed by atoms with E-state index >= 15 is 0 Å². The van der Waals surface area contributed by atoms with Gasteiger partial charge in [0.2, 0.25) is 0 Å². The lowest BCUT2D eigenvalue weighted by molar-refractivity contribution is 0.0993. The minimum absolute atomic E-state index is 0.207. The lowest BCUT2D eigenvalue weighted by Gasteiger charge is -2.09. The van der Waals surface area contributed by atoms with Crippen LogP contribution < -0.4 is 10.6 Å². The zero-order chi connectivity index (χ0) is 19.5. The van der Waals surface area contributed by atoms with E-state index in [1.165, 1.54) is 17.6 Å². The van der Waals surface area contributed by atoms with E-state index in [-0.39, 0.29) is 17.6 Å². The number of amides is 2. The van der Waals surface area contributed by atoms with E-state index in [9.17, 15) is 9.59 Å². The molecule has 0 bridgehead atoms. The summed E-state index contributed by atoms with van der Waals surface area (Å²) in [5.74, 6) is -0.454. The number of aryl methyl sites for hydroxylation is 1. The fraction of sp³-hybridized carbons (Fsp3) is 0.0500. The first kappa shape index (κ1) is 18.1. The van der Waals surface area contributed by atoms with Crippen molar-refractivity contribution in [2.75, 3.05) is 10.6 Å². The summed E-state index contributed by atoms with van der Waals surface area (Å²) in [5.41, 5.74) is 2.65. The Morgan fingerprint density at radius 1 is 1.04 bits per heavy atom. The van der Waals surface area contributed by atoms with E-state index in [0.29, 0.717) is 16.4 Å². The van der Waals surface area contributed by atoms with Crippen molar-refractivity contribution in [3.8, 4) is 10.6 Å². The van der Waals surface area contributed by atoms with Crippen molar-refractivity contribution in [3.05, 3.63) is 76.4 Å². The van der Waals surface area contributed by atoms with Crippen molar-refractivity contribution in [2.45, 2.75) is 6.92 Å². The molecule has 0 atom stereocenters. The van der Waals surface area contributed by atoms with Gasteiger partial charge in [-0.05, 0) is 48.2 Å². The maximum absolute atomic E-state index is 12.6. The van der Waals surface area contributed by atoms with Gasteiger partial charge in [0.15, 0.2) is 10.9 Å². The van der Waals surface area contributed by atoms with E-state index in [1.807, 2.05) is 29.8 Å². The molecular formula is C20H15N3O3S2. The first-order chi connectivity index (χ1) is 13.6. The predicted octanol–water partition coefficient (Wildman–Crippen LogP) is 5.28. The number of hydrogen-bond acceptors (Lipinski definition) is 6. The highest BCUT2D eigenvalue weighted by Gasteiger charge is 2.14. The number of nitrogens with zero attached hydrogens (tertiary/aromatic N) is 1. The molecule has 140 valence electrons. The summed E-state index contributed by atoms with van der Waals surface area (Å²) in [6, 6.07) is 12.3. The molecule has 3 aromatic heterocycles. The van der Waals surface area contributed by atoms with Crippen LogP contribution in [-0.2, 0) is 0 Å². The molecule has 2 N–H and O–H groups in total. The Balaban J connectivity index is 1.49. The molecule has 0 spiro atoms. The number of rotatable bonds is 5. The van der Waals surface area contributed by atoms with Gasteiger partial charge < -0.3 is 9.73 Å². The van der Waals surface area contributed by atoms with Crippen LogP contribution in [0.15, 0.2) is 63.9 Å². The monoisotopic (exact) mass is 409 g/mol. The van der Waals surface area contributed by atoms with Gasteiger partial charge in [-0.25, -0.2) is 4.98 Å². The van der Waals surface area contributed by atoms with Crippen molar-refractivity contribution < 1.29 is 14.0 Å². The molecule has 3 heterocycles. The highest BCUT2D eigenvalue weighted by Crippen LogP contribution is 2.28. The number of aromatic nitrogens is 1. The van der Waals surface area contributed by atoms with Crippen LogP contribution in [0.5, 0.6) is 0 Å². The molecule has 0 aliphatic carbocycles. The molecule has 2 amide bonds. The zero-order valence-corrected chi connectivity index (χ0v) is 16.4. The first-order valence-corrected chi connectivity index (χ1v) is 10.1.